The third-order valence-corrected chi connectivity index (χ3v) is 8.63. The van der Waals surface area contributed by atoms with E-state index in [9.17, 15) is 8.42 Å². The standard InChI is InChI=1S/C26H33N5O3S2/c1-5-30(6-2)23-12-10-21(11-13-23)15-27-29-26-28-25(18-35-26)22-8-7-9-24(14-22)36(32,33)31-16-19(3)34-20(4)17-31/h7-15,18-20H,5-6,16-17H2,1-4H3,(H,28,29). The number of morpholine rings is 1. The summed E-state index contributed by atoms with van der Waals surface area (Å²) in [4.78, 5) is 7.14. The lowest BCUT2D eigenvalue weighted by atomic mass is 10.2. The SMILES string of the molecule is CCN(CC)c1ccc(C=NNc2nc(-c3cccc(S(=O)(=O)N4CC(C)OC(C)C4)c3)cs2)cc1. The number of rotatable bonds is 9. The number of aromatic nitrogens is 1. The van der Waals surface area contributed by atoms with Crippen molar-refractivity contribution in [2.45, 2.75) is 44.8 Å². The number of hydrazone groups is 1. The molecular formula is C26H33N5O3S2. The predicted octanol–water partition coefficient (Wildman–Crippen LogP) is 4.90. The number of sulfonamides is 1. The van der Waals surface area contributed by atoms with Crippen LogP contribution < -0.4 is 10.3 Å². The fourth-order valence-corrected chi connectivity index (χ4v) is 6.58. The summed E-state index contributed by atoms with van der Waals surface area (Å²) in [5.74, 6) is 0. The van der Waals surface area contributed by atoms with E-state index in [0.717, 1.165) is 24.2 Å². The average Bonchev–Trinajstić information content (AvgIpc) is 3.34. The van der Waals surface area contributed by atoms with Gasteiger partial charge in [0.05, 0.1) is 29.0 Å². The van der Waals surface area contributed by atoms with Gasteiger partial charge in [0.2, 0.25) is 15.2 Å². The van der Waals surface area contributed by atoms with Gasteiger partial charge in [-0.15, -0.1) is 11.3 Å². The highest BCUT2D eigenvalue weighted by molar-refractivity contribution is 7.89. The van der Waals surface area contributed by atoms with Crippen molar-refractivity contribution in [1.82, 2.24) is 9.29 Å². The normalized spacial score (nSPS) is 19.0. The Morgan fingerprint density at radius 3 is 2.50 bits per heavy atom. The van der Waals surface area contributed by atoms with Crippen molar-refractivity contribution in [2.24, 2.45) is 5.10 Å². The van der Waals surface area contributed by atoms with Crippen molar-refractivity contribution < 1.29 is 13.2 Å². The molecule has 192 valence electrons. The highest BCUT2D eigenvalue weighted by Crippen LogP contribution is 2.28. The maximum Gasteiger partial charge on any atom is 0.243 e. The van der Waals surface area contributed by atoms with Crippen LogP contribution in [0.4, 0.5) is 10.8 Å². The second-order valence-electron chi connectivity index (χ2n) is 8.78. The molecule has 2 unspecified atom stereocenters. The summed E-state index contributed by atoms with van der Waals surface area (Å²) in [6, 6.07) is 15.2. The first-order chi connectivity index (χ1) is 17.3. The molecule has 10 heteroatoms. The monoisotopic (exact) mass is 527 g/mol. The van der Waals surface area contributed by atoms with E-state index in [0.29, 0.717) is 23.9 Å². The zero-order valence-electron chi connectivity index (χ0n) is 21.1. The van der Waals surface area contributed by atoms with Crippen LogP contribution in [0.3, 0.4) is 0 Å². The lowest BCUT2D eigenvalue weighted by molar-refractivity contribution is -0.0440. The van der Waals surface area contributed by atoms with Crippen molar-refractivity contribution in [1.29, 1.82) is 0 Å². The summed E-state index contributed by atoms with van der Waals surface area (Å²) >= 11 is 1.41. The number of hydrogen-bond acceptors (Lipinski definition) is 8. The van der Waals surface area contributed by atoms with Crippen LogP contribution in [0, 0.1) is 0 Å². The van der Waals surface area contributed by atoms with Gasteiger partial charge in [-0.3, -0.25) is 5.43 Å². The first-order valence-corrected chi connectivity index (χ1v) is 14.5. The van der Waals surface area contributed by atoms with Crippen molar-refractivity contribution in [3.05, 3.63) is 59.5 Å². The minimum Gasteiger partial charge on any atom is -0.373 e. The Morgan fingerprint density at radius 2 is 1.83 bits per heavy atom. The fourth-order valence-electron chi connectivity index (χ4n) is 4.27. The first kappa shape index (κ1) is 26.3. The average molecular weight is 528 g/mol. The molecule has 0 amide bonds. The molecule has 0 aliphatic carbocycles. The van der Waals surface area contributed by atoms with E-state index in [1.807, 2.05) is 37.4 Å². The molecule has 1 aliphatic heterocycles. The molecule has 0 saturated carbocycles. The molecule has 1 fully saturated rings. The van der Waals surface area contributed by atoms with Crippen LogP contribution in [0.25, 0.3) is 11.3 Å². The number of nitrogens with zero attached hydrogens (tertiary/aromatic N) is 4. The van der Waals surface area contributed by atoms with Crippen molar-refractivity contribution in [3.63, 3.8) is 0 Å². The molecule has 2 heterocycles. The minimum absolute atomic E-state index is 0.139. The van der Waals surface area contributed by atoms with E-state index >= 15 is 0 Å². The summed E-state index contributed by atoms with van der Waals surface area (Å²) in [5, 5.41) is 6.83. The summed E-state index contributed by atoms with van der Waals surface area (Å²) in [5.41, 5.74) is 6.59. The first-order valence-electron chi connectivity index (χ1n) is 12.2. The van der Waals surface area contributed by atoms with Crippen molar-refractivity contribution in [3.8, 4) is 11.3 Å². The lowest BCUT2D eigenvalue weighted by Crippen LogP contribution is -2.48. The second-order valence-corrected chi connectivity index (χ2v) is 11.6. The minimum atomic E-state index is -3.62. The Balaban J connectivity index is 1.43. The molecule has 0 spiro atoms. The van der Waals surface area contributed by atoms with Gasteiger partial charge in [-0.1, -0.05) is 24.3 Å². The van der Waals surface area contributed by atoms with Crippen molar-refractivity contribution >= 4 is 38.4 Å². The summed E-state index contributed by atoms with van der Waals surface area (Å²) in [6.45, 7) is 10.7. The summed E-state index contributed by atoms with van der Waals surface area (Å²) < 4.78 is 33.7. The Bertz CT molecular complexity index is 1280. The van der Waals surface area contributed by atoms with Crippen LogP contribution in [0.15, 0.2) is 63.9 Å². The molecule has 8 nitrogen and oxygen atoms in total. The molecule has 4 rings (SSSR count). The quantitative estimate of drug-likeness (QED) is 0.315. The fraction of sp³-hybridized carbons (Fsp3) is 0.385. The van der Waals surface area contributed by atoms with Gasteiger partial charge >= 0.3 is 0 Å². The Hall–Kier alpha value is -2.79. The summed E-state index contributed by atoms with van der Waals surface area (Å²) in [6.07, 6.45) is 1.48. The molecule has 36 heavy (non-hydrogen) atoms. The van der Waals surface area contributed by atoms with E-state index in [2.05, 4.69) is 46.4 Å². The smallest absolute Gasteiger partial charge is 0.243 e. The van der Waals surface area contributed by atoms with Crippen LogP contribution in [0.2, 0.25) is 0 Å². The van der Waals surface area contributed by atoms with E-state index in [4.69, 9.17) is 4.74 Å². The van der Waals surface area contributed by atoms with E-state index < -0.39 is 10.0 Å². The second kappa shape index (κ2) is 11.5. The van der Waals surface area contributed by atoms with E-state index in [1.54, 1.807) is 24.4 Å². The molecule has 1 N–H and O–H groups in total. The van der Waals surface area contributed by atoms with Crippen LogP contribution in [0.1, 0.15) is 33.3 Å². The number of thiazole rings is 1. The van der Waals surface area contributed by atoms with Gasteiger partial charge in [-0.2, -0.15) is 9.41 Å². The molecule has 3 aromatic rings. The Morgan fingerprint density at radius 1 is 1.14 bits per heavy atom. The molecule has 2 aromatic carbocycles. The third kappa shape index (κ3) is 6.12. The topological polar surface area (TPSA) is 87.1 Å². The van der Waals surface area contributed by atoms with E-state index in [1.165, 1.54) is 21.3 Å². The maximum atomic E-state index is 13.3. The van der Waals surface area contributed by atoms with Crippen LogP contribution >= 0.6 is 11.3 Å². The highest BCUT2D eigenvalue weighted by atomic mass is 32.2. The van der Waals surface area contributed by atoms with Gasteiger partial charge in [0.25, 0.3) is 0 Å². The van der Waals surface area contributed by atoms with Gasteiger partial charge in [-0.25, -0.2) is 13.4 Å². The van der Waals surface area contributed by atoms with Crippen LogP contribution in [-0.2, 0) is 14.8 Å². The molecule has 1 aliphatic rings. The number of benzene rings is 2. The highest BCUT2D eigenvalue weighted by Gasteiger charge is 2.32. The molecule has 1 saturated heterocycles. The largest absolute Gasteiger partial charge is 0.373 e. The maximum absolute atomic E-state index is 13.3. The molecule has 1 aromatic heterocycles. The van der Waals surface area contributed by atoms with Crippen molar-refractivity contribution in [2.75, 3.05) is 36.5 Å². The van der Waals surface area contributed by atoms with Gasteiger partial charge in [0.15, 0.2) is 0 Å². The third-order valence-electron chi connectivity index (χ3n) is 6.05. The van der Waals surface area contributed by atoms with Gasteiger partial charge in [0.1, 0.15) is 0 Å². The van der Waals surface area contributed by atoms with E-state index in [-0.39, 0.29) is 17.1 Å². The molecule has 0 bridgehead atoms. The molecule has 2 atom stereocenters. The molecular weight excluding hydrogens is 494 g/mol. The van der Waals surface area contributed by atoms with Gasteiger partial charge in [0, 0.05) is 42.8 Å². The van der Waals surface area contributed by atoms with Gasteiger partial charge < -0.3 is 9.64 Å². The Labute approximate surface area is 217 Å². The lowest BCUT2D eigenvalue weighted by Gasteiger charge is -2.34. The molecule has 0 radical (unpaired) electrons. The van der Waals surface area contributed by atoms with Crippen LogP contribution in [0.5, 0.6) is 0 Å². The number of nitrogens with one attached hydrogen (secondary N) is 1. The van der Waals surface area contributed by atoms with Crippen LogP contribution in [-0.4, -0.2) is 62.3 Å². The predicted molar refractivity (Wildman–Crippen MR) is 148 cm³/mol. The summed E-state index contributed by atoms with van der Waals surface area (Å²) in [7, 11) is -3.62. The zero-order valence-corrected chi connectivity index (χ0v) is 22.7. The van der Waals surface area contributed by atoms with Gasteiger partial charge in [-0.05, 0) is 57.5 Å². The number of anilines is 2. The zero-order chi connectivity index (χ0) is 25.7. The number of hydrogen-bond donors (Lipinski definition) is 1. The Kier molecular flexibility index (Phi) is 8.40. The number of ether oxygens (including phenoxy) is 1.